The molecule has 16 heavy (non-hydrogen) atoms. The summed E-state index contributed by atoms with van der Waals surface area (Å²) in [6.45, 7) is 5.20. The van der Waals surface area contributed by atoms with Crippen LogP contribution in [0.4, 0.5) is 0 Å². The fourth-order valence-corrected chi connectivity index (χ4v) is 1.78. The van der Waals surface area contributed by atoms with E-state index in [2.05, 4.69) is 14.9 Å². The Morgan fingerprint density at radius 2 is 2.00 bits per heavy atom. The molecule has 88 valence electrons. The molecule has 0 bridgehead atoms. The maximum atomic E-state index is 11.7. The highest BCUT2D eigenvalue weighted by atomic mass is 32.1. The standard InChI is InChI=1S/C9H13N3O3S/c1-4(2)6-7(16-12-11-6)8(13)10-5(3)9(14)15/h4-5H,1-3H3,(H,10,13)(H,14,15)/t5-/m0/s1. The van der Waals surface area contributed by atoms with Gasteiger partial charge < -0.3 is 10.4 Å². The van der Waals surface area contributed by atoms with Crippen molar-refractivity contribution in [3.8, 4) is 0 Å². The molecule has 1 heterocycles. The van der Waals surface area contributed by atoms with E-state index in [1.165, 1.54) is 6.92 Å². The molecule has 0 saturated carbocycles. The van der Waals surface area contributed by atoms with E-state index in [1.54, 1.807) is 0 Å². The second-order valence-electron chi connectivity index (χ2n) is 3.68. The summed E-state index contributed by atoms with van der Waals surface area (Å²) >= 11 is 0.974. The van der Waals surface area contributed by atoms with E-state index in [1.807, 2.05) is 13.8 Å². The van der Waals surface area contributed by atoms with Crippen LogP contribution >= 0.6 is 11.5 Å². The fraction of sp³-hybridized carbons (Fsp3) is 0.556. The van der Waals surface area contributed by atoms with Crippen molar-refractivity contribution >= 4 is 23.4 Å². The number of aliphatic carboxylic acids is 1. The lowest BCUT2D eigenvalue weighted by atomic mass is 10.1. The Morgan fingerprint density at radius 3 is 2.50 bits per heavy atom. The molecule has 1 rings (SSSR count). The topological polar surface area (TPSA) is 92.2 Å². The molecule has 6 nitrogen and oxygen atoms in total. The van der Waals surface area contributed by atoms with E-state index in [9.17, 15) is 9.59 Å². The summed E-state index contributed by atoms with van der Waals surface area (Å²) in [5.41, 5.74) is 0.597. The van der Waals surface area contributed by atoms with Gasteiger partial charge in [-0.15, -0.1) is 5.10 Å². The van der Waals surface area contributed by atoms with Crippen LogP contribution in [0, 0.1) is 0 Å². The van der Waals surface area contributed by atoms with Crippen molar-refractivity contribution in [1.82, 2.24) is 14.9 Å². The lowest BCUT2D eigenvalue weighted by Crippen LogP contribution is -2.38. The third-order valence-corrected chi connectivity index (χ3v) is 2.72. The van der Waals surface area contributed by atoms with Gasteiger partial charge in [-0.3, -0.25) is 9.59 Å². The Bertz CT molecular complexity index is 402. The number of nitrogens with one attached hydrogen (secondary N) is 1. The van der Waals surface area contributed by atoms with Crippen molar-refractivity contribution in [1.29, 1.82) is 0 Å². The second-order valence-corrected chi connectivity index (χ2v) is 4.43. The molecule has 0 spiro atoms. The summed E-state index contributed by atoms with van der Waals surface area (Å²) in [7, 11) is 0. The first-order chi connectivity index (χ1) is 7.43. The SMILES string of the molecule is CC(C)c1nnsc1C(=O)N[C@@H](C)C(=O)O. The Labute approximate surface area is 96.8 Å². The van der Waals surface area contributed by atoms with Crippen molar-refractivity contribution < 1.29 is 14.7 Å². The van der Waals surface area contributed by atoms with Crippen molar-refractivity contribution in [3.63, 3.8) is 0 Å². The average molecular weight is 243 g/mol. The zero-order valence-electron chi connectivity index (χ0n) is 9.22. The molecular weight excluding hydrogens is 230 g/mol. The Kier molecular flexibility index (Phi) is 3.94. The third-order valence-electron chi connectivity index (χ3n) is 1.98. The predicted octanol–water partition coefficient (Wildman–Crippen LogP) is 0.864. The highest BCUT2D eigenvalue weighted by molar-refractivity contribution is 7.08. The number of carbonyl (C=O) groups is 2. The lowest BCUT2D eigenvalue weighted by molar-refractivity contribution is -0.138. The van der Waals surface area contributed by atoms with Crippen LogP contribution in [0.3, 0.4) is 0 Å². The molecule has 7 heteroatoms. The highest BCUT2D eigenvalue weighted by Crippen LogP contribution is 2.19. The van der Waals surface area contributed by atoms with E-state index < -0.39 is 17.9 Å². The molecule has 0 aromatic carbocycles. The Hall–Kier alpha value is -1.50. The number of aromatic nitrogens is 2. The third kappa shape index (κ3) is 2.75. The molecule has 0 aliphatic heterocycles. The minimum Gasteiger partial charge on any atom is -0.480 e. The van der Waals surface area contributed by atoms with Gasteiger partial charge in [0.15, 0.2) is 0 Å². The molecule has 0 unspecified atom stereocenters. The van der Waals surface area contributed by atoms with Gasteiger partial charge >= 0.3 is 5.97 Å². The van der Waals surface area contributed by atoms with Crippen molar-refractivity contribution in [2.75, 3.05) is 0 Å². The number of rotatable bonds is 4. The number of carboxylic acid groups (broad SMARTS) is 1. The lowest BCUT2D eigenvalue weighted by Gasteiger charge is -2.09. The van der Waals surface area contributed by atoms with Crippen LogP contribution < -0.4 is 5.32 Å². The number of nitrogens with zero attached hydrogens (tertiary/aromatic N) is 2. The van der Waals surface area contributed by atoms with Gasteiger partial charge in [0.25, 0.3) is 5.91 Å². The fourth-order valence-electron chi connectivity index (χ4n) is 1.06. The first kappa shape index (κ1) is 12.6. The molecule has 1 aromatic rings. The van der Waals surface area contributed by atoms with Gasteiger partial charge in [0.2, 0.25) is 0 Å². The number of carboxylic acids is 1. The maximum Gasteiger partial charge on any atom is 0.325 e. The monoisotopic (exact) mass is 243 g/mol. The molecule has 1 atom stereocenters. The number of hydrogen-bond donors (Lipinski definition) is 2. The van der Waals surface area contributed by atoms with Crippen LogP contribution in [-0.4, -0.2) is 32.6 Å². The molecule has 0 aliphatic carbocycles. The molecular formula is C9H13N3O3S. The largest absolute Gasteiger partial charge is 0.480 e. The van der Waals surface area contributed by atoms with Crippen LogP contribution in [0.25, 0.3) is 0 Å². The molecule has 0 radical (unpaired) electrons. The predicted molar refractivity (Wildman–Crippen MR) is 58.6 cm³/mol. The van der Waals surface area contributed by atoms with Gasteiger partial charge in [-0.1, -0.05) is 18.3 Å². The van der Waals surface area contributed by atoms with E-state index >= 15 is 0 Å². The number of carbonyl (C=O) groups excluding carboxylic acids is 1. The minimum atomic E-state index is -1.07. The van der Waals surface area contributed by atoms with Crippen LogP contribution in [-0.2, 0) is 4.79 Å². The molecule has 0 aliphatic rings. The molecule has 1 aromatic heterocycles. The normalized spacial score (nSPS) is 12.5. The van der Waals surface area contributed by atoms with Crippen molar-refractivity contribution in [2.45, 2.75) is 32.7 Å². The van der Waals surface area contributed by atoms with Crippen LogP contribution in [0.5, 0.6) is 0 Å². The first-order valence-corrected chi connectivity index (χ1v) is 5.56. The van der Waals surface area contributed by atoms with Crippen molar-refractivity contribution in [3.05, 3.63) is 10.6 Å². The van der Waals surface area contributed by atoms with Crippen LogP contribution in [0.1, 0.15) is 42.1 Å². The first-order valence-electron chi connectivity index (χ1n) is 4.79. The van der Waals surface area contributed by atoms with Gasteiger partial charge in [-0.25, -0.2) is 0 Å². The molecule has 1 amide bonds. The maximum absolute atomic E-state index is 11.7. The average Bonchev–Trinajstić information content (AvgIpc) is 2.65. The minimum absolute atomic E-state index is 0.0830. The highest BCUT2D eigenvalue weighted by Gasteiger charge is 2.21. The number of amides is 1. The van der Waals surface area contributed by atoms with Gasteiger partial charge in [0, 0.05) is 0 Å². The summed E-state index contributed by atoms with van der Waals surface area (Å²) in [6.07, 6.45) is 0. The van der Waals surface area contributed by atoms with E-state index in [-0.39, 0.29) is 5.92 Å². The quantitative estimate of drug-likeness (QED) is 0.818. The smallest absolute Gasteiger partial charge is 0.325 e. The Balaban J connectivity index is 2.81. The van der Waals surface area contributed by atoms with Gasteiger partial charge in [0.05, 0.1) is 5.69 Å². The summed E-state index contributed by atoms with van der Waals surface area (Å²) in [6, 6.07) is -0.922. The Morgan fingerprint density at radius 1 is 1.38 bits per heavy atom. The summed E-state index contributed by atoms with van der Waals surface area (Å²) in [5.74, 6) is -1.43. The molecule has 2 N–H and O–H groups in total. The van der Waals surface area contributed by atoms with E-state index in [0.29, 0.717) is 10.6 Å². The van der Waals surface area contributed by atoms with Crippen molar-refractivity contribution in [2.24, 2.45) is 0 Å². The van der Waals surface area contributed by atoms with Gasteiger partial charge in [0.1, 0.15) is 10.9 Å². The summed E-state index contributed by atoms with van der Waals surface area (Å²) in [5, 5.41) is 14.9. The van der Waals surface area contributed by atoms with E-state index in [4.69, 9.17) is 5.11 Å². The molecule has 0 fully saturated rings. The van der Waals surface area contributed by atoms with Gasteiger partial charge in [-0.05, 0) is 24.4 Å². The number of hydrogen-bond acceptors (Lipinski definition) is 5. The summed E-state index contributed by atoms with van der Waals surface area (Å²) in [4.78, 5) is 22.7. The van der Waals surface area contributed by atoms with E-state index in [0.717, 1.165) is 11.5 Å². The van der Waals surface area contributed by atoms with Gasteiger partial charge in [-0.2, -0.15) is 0 Å². The van der Waals surface area contributed by atoms with Crippen LogP contribution in [0.15, 0.2) is 0 Å². The molecule has 0 saturated heterocycles. The van der Waals surface area contributed by atoms with Crippen LogP contribution in [0.2, 0.25) is 0 Å². The second kappa shape index (κ2) is 5.02. The summed E-state index contributed by atoms with van der Waals surface area (Å²) < 4.78 is 3.70. The zero-order chi connectivity index (χ0) is 12.3. The zero-order valence-corrected chi connectivity index (χ0v) is 10.0.